The number of aromatic nitrogens is 2. The molecule has 4 rings (SSSR count). The normalized spacial score (nSPS) is 14.6. The highest BCUT2D eigenvalue weighted by atomic mass is 35.5. The number of anilines is 2. The third kappa shape index (κ3) is 8.60. The molecule has 0 amide bonds. The van der Waals surface area contributed by atoms with Crippen LogP contribution in [0.4, 0.5) is 11.4 Å². The van der Waals surface area contributed by atoms with Crippen molar-refractivity contribution in [1.82, 2.24) is 4.57 Å². The van der Waals surface area contributed by atoms with Gasteiger partial charge in [-0.3, -0.25) is 9.11 Å². The van der Waals surface area contributed by atoms with E-state index in [0.717, 1.165) is 11.4 Å². The molecule has 0 saturated carbocycles. The lowest BCUT2D eigenvalue weighted by molar-refractivity contribution is -0.673. The van der Waals surface area contributed by atoms with Crippen LogP contribution >= 0.6 is 34.8 Å². The van der Waals surface area contributed by atoms with Crippen LogP contribution in [0.25, 0.3) is 17.1 Å². The first-order valence-electron chi connectivity index (χ1n) is 14.9. The molecule has 0 saturated heterocycles. The fourth-order valence-corrected chi connectivity index (χ4v) is 7.16. The molecule has 1 aliphatic heterocycles. The summed E-state index contributed by atoms with van der Waals surface area (Å²) in [5.41, 5.74) is 2.97. The molecule has 2 aromatic carbocycles. The van der Waals surface area contributed by atoms with Crippen LogP contribution in [0.3, 0.4) is 0 Å². The van der Waals surface area contributed by atoms with Crippen LogP contribution in [0.5, 0.6) is 0 Å². The Bertz CT molecular complexity index is 1960. The van der Waals surface area contributed by atoms with Crippen molar-refractivity contribution in [2.75, 3.05) is 41.0 Å². The van der Waals surface area contributed by atoms with Crippen LogP contribution in [-0.4, -0.2) is 67.7 Å². The molecule has 12 nitrogen and oxygen atoms in total. The van der Waals surface area contributed by atoms with E-state index < -0.39 is 37.7 Å². The fraction of sp³-hybridized carbons (Fsp3) is 0.400. The van der Waals surface area contributed by atoms with Crippen molar-refractivity contribution in [2.24, 2.45) is 0 Å². The first kappa shape index (κ1) is 37.0. The number of carbonyl (C=O) groups excluding carboxylic acids is 1. The SMILES string of the molecule is CCOC(=O)c1cc2c(cc1Cl)n(CC)c(C=CC=C1N(CC)c3cc(Cl)c(Cl)cc3N1CCCS(=O)(=O)O)[n+]2CCCS(=O)(=O)O. The highest BCUT2D eigenvalue weighted by Crippen LogP contribution is 2.45. The number of hydrogen-bond donors (Lipinski definition) is 2. The Labute approximate surface area is 289 Å². The molecule has 2 N–H and O–H groups in total. The maximum absolute atomic E-state index is 12.7. The summed E-state index contributed by atoms with van der Waals surface area (Å²) in [6.45, 7) is 7.21. The lowest BCUT2D eigenvalue weighted by Crippen LogP contribution is -2.37. The summed E-state index contributed by atoms with van der Waals surface area (Å²) in [6.07, 6.45) is 5.70. The van der Waals surface area contributed by atoms with Gasteiger partial charge in [-0.1, -0.05) is 40.9 Å². The largest absolute Gasteiger partial charge is 0.462 e. The highest BCUT2D eigenvalue weighted by molar-refractivity contribution is 7.86. The monoisotopic (exact) mass is 749 g/mol. The van der Waals surface area contributed by atoms with Gasteiger partial charge in [0, 0.05) is 37.7 Å². The molecule has 256 valence electrons. The molecule has 2 heterocycles. The minimum Gasteiger partial charge on any atom is -0.462 e. The average molecular weight is 751 g/mol. The van der Waals surface area contributed by atoms with Crippen LogP contribution < -0.4 is 14.4 Å². The van der Waals surface area contributed by atoms with E-state index in [2.05, 4.69) is 0 Å². The van der Waals surface area contributed by atoms with E-state index >= 15 is 0 Å². The molecule has 17 heteroatoms. The topological polar surface area (TPSA) is 150 Å². The number of nitrogens with zero attached hydrogens (tertiary/aromatic N) is 4. The van der Waals surface area contributed by atoms with Crippen LogP contribution in [0.2, 0.25) is 15.1 Å². The Kier molecular flexibility index (Phi) is 11.9. The number of hydrogen-bond acceptors (Lipinski definition) is 8. The molecule has 0 spiro atoms. The summed E-state index contributed by atoms with van der Waals surface area (Å²) in [7, 11) is -8.39. The van der Waals surface area contributed by atoms with Crippen molar-refractivity contribution in [3.05, 3.63) is 68.7 Å². The van der Waals surface area contributed by atoms with Crippen molar-refractivity contribution < 1.29 is 40.0 Å². The van der Waals surface area contributed by atoms with E-state index in [-0.39, 0.29) is 43.1 Å². The Balaban J connectivity index is 1.84. The number of aryl methyl sites for hydroxylation is 2. The number of fused-ring (bicyclic) bond motifs is 2. The summed E-state index contributed by atoms with van der Waals surface area (Å²) in [5.74, 6) is -0.111. The van der Waals surface area contributed by atoms with Gasteiger partial charge in [-0.2, -0.15) is 16.8 Å². The Morgan fingerprint density at radius 1 is 0.872 bits per heavy atom. The number of benzene rings is 2. The molecule has 1 aliphatic rings. The second-order valence-corrected chi connectivity index (χ2v) is 15.0. The number of imidazole rings is 1. The van der Waals surface area contributed by atoms with E-state index in [9.17, 15) is 30.7 Å². The van der Waals surface area contributed by atoms with Crippen molar-refractivity contribution >= 4 is 89.5 Å². The molecule has 1 aromatic heterocycles. The van der Waals surface area contributed by atoms with Gasteiger partial charge in [-0.05, 0) is 45.4 Å². The predicted molar refractivity (Wildman–Crippen MR) is 185 cm³/mol. The van der Waals surface area contributed by atoms with E-state index in [4.69, 9.17) is 39.5 Å². The first-order valence-corrected chi connectivity index (χ1v) is 19.2. The highest BCUT2D eigenvalue weighted by Gasteiger charge is 2.32. The maximum Gasteiger partial charge on any atom is 0.339 e. The number of carbonyl (C=O) groups is 1. The van der Waals surface area contributed by atoms with Crippen LogP contribution in [0.15, 0.2) is 42.2 Å². The minimum absolute atomic E-state index is 0.0909. The Morgan fingerprint density at radius 2 is 1.49 bits per heavy atom. The molecular formula is C30H36Cl3N4O8S2+. The predicted octanol–water partition coefficient (Wildman–Crippen LogP) is 5.84. The second kappa shape index (κ2) is 15.1. The lowest BCUT2D eigenvalue weighted by Gasteiger charge is -2.24. The molecule has 3 aromatic rings. The standard InChI is InChI=1S/C30H35Cl3N4O8S2/c1-4-34-25-17-21(31)20(30(38)45-6-3)16-24(25)36(12-8-14-46(39,40)41)28(34)10-7-11-29-35(5-2)26-18-22(32)23(33)19-27(26)37(29)13-9-15-47(42,43)44/h7,10-11,16-19H,4-6,8-9,12-15H2,1-3H3,(H-,39,40,41,42,43,44)/p+1. The average Bonchev–Trinajstić information content (AvgIpc) is 3.41. The zero-order valence-electron chi connectivity index (χ0n) is 26.0. The Morgan fingerprint density at radius 3 is 2.06 bits per heavy atom. The van der Waals surface area contributed by atoms with Gasteiger partial charge < -0.3 is 14.5 Å². The van der Waals surface area contributed by atoms with Crippen LogP contribution in [0, 0.1) is 0 Å². The van der Waals surface area contributed by atoms with Crippen molar-refractivity contribution in [2.45, 2.75) is 46.7 Å². The summed E-state index contributed by atoms with van der Waals surface area (Å²) in [5, 5.41) is 0.890. The summed E-state index contributed by atoms with van der Waals surface area (Å²) in [6, 6.07) is 6.73. The van der Waals surface area contributed by atoms with Gasteiger partial charge >= 0.3 is 5.97 Å². The molecule has 47 heavy (non-hydrogen) atoms. The lowest BCUT2D eigenvalue weighted by atomic mass is 10.2. The quantitative estimate of drug-likeness (QED) is 0.117. The molecule has 0 atom stereocenters. The van der Waals surface area contributed by atoms with Gasteiger partial charge in [-0.25, -0.2) is 13.9 Å². The van der Waals surface area contributed by atoms with Gasteiger partial charge in [0.05, 0.1) is 63.2 Å². The van der Waals surface area contributed by atoms with E-state index in [1.807, 2.05) is 44.9 Å². The number of ether oxygens (including phenoxy) is 1. The number of allylic oxidation sites excluding steroid dienone is 2. The zero-order chi connectivity index (χ0) is 34.7. The molecule has 0 fully saturated rings. The van der Waals surface area contributed by atoms with E-state index in [1.54, 1.807) is 37.3 Å². The van der Waals surface area contributed by atoms with Crippen molar-refractivity contribution in [3.63, 3.8) is 0 Å². The summed E-state index contributed by atoms with van der Waals surface area (Å²) >= 11 is 19.2. The third-order valence-corrected chi connectivity index (χ3v) is 10.2. The van der Waals surface area contributed by atoms with Crippen molar-refractivity contribution in [3.8, 4) is 0 Å². The van der Waals surface area contributed by atoms with Gasteiger partial charge in [0.25, 0.3) is 26.1 Å². The molecule has 0 unspecified atom stereocenters. The smallest absolute Gasteiger partial charge is 0.339 e. The number of rotatable bonds is 14. The molecule has 0 radical (unpaired) electrons. The van der Waals surface area contributed by atoms with Crippen LogP contribution in [-0.2, 0) is 38.1 Å². The van der Waals surface area contributed by atoms with Crippen LogP contribution in [0.1, 0.15) is 49.8 Å². The fourth-order valence-electron chi connectivity index (χ4n) is 5.62. The molecule has 0 aliphatic carbocycles. The van der Waals surface area contributed by atoms with Gasteiger partial charge in [-0.15, -0.1) is 0 Å². The minimum atomic E-state index is -4.21. The van der Waals surface area contributed by atoms with E-state index in [0.29, 0.717) is 45.8 Å². The first-order chi connectivity index (χ1) is 22.1. The molecule has 0 bridgehead atoms. The zero-order valence-corrected chi connectivity index (χ0v) is 29.9. The third-order valence-electron chi connectivity index (χ3n) is 7.54. The second-order valence-electron chi connectivity index (χ2n) is 10.6. The molecular weight excluding hydrogens is 715 g/mol. The summed E-state index contributed by atoms with van der Waals surface area (Å²) < 4.78 is 73.7. The summed E-state index contributed by atoms with van der Waals surface area (Å²) in [4.78, 5) is 16.6. The van der Waals surface area contributed by atoms with Gasteiger partial charge in [0.15, 0.2) is 11.0 Å². The van der Waals surface area contributed by atoms with Gasteiger partial charge in [0.2, 0.25) is 0 Å². The number of esters is 1. The maximum atomic E-state index is 12.7. The van der Waals surface area contributed by atoms with E-state index in [1.165, 1.54) is 0 Å². The Hall–Kier alpha value is -2.85. The van der Waals surface area contributed by atoms with Gasteiger partial charge in [0.1, 0.15) is 5.82 Å². The van der Waals surface area contributed by atoms with Crippen molar-refractivity contribution in [1.29, 1.82) is 0 Å². The number of halogens is 3.